The molecule has 3 amide bonds. The molecule has 0 aliphatic carbocycles. The standard InChI is InChI=1S/C16H19ClF4N4O5S/c1-9(24-31(28,29)16(19,20)21)8-30-13-6-10(11(17)7-12(13)18)14(26)23-25(2)5-3-4-22-15(25)27/h6-7,9,24H,3-5,8H2,1-2H3,(H-,22,23,26,27)/p+1/t9-,25?/m0/s1. The van der Waals surface area contributed by atoms with E-state index in [2.05, 4.69) is 10.7 Å². The molecule has 0 spiro atoms. The molecule has 1 aromatic carbocycles. The quantitative estimate of drug-likeness (QED) is 0.398. The molecule has 0 bridgehead atoms. The molecule has 2 atom stereocenters. The van der Waals surface area contributed by atoms with Crippen molar-refractivity contribution in [2.45, 2.75) is 24.9 Å². The first kappa shape index (κ1) is 25.1. The van der Waals surface area contributed by atoms with E-state index in [1.807, 2.05) is 0 Å². The van der Waals surface area contributed by atoms with Gasteiger partial charge in [0.15, 0.2) is 11.6 Å². The highest BCUT2D eigenvalue weighted by Crippen LogP contribution is 2.27. The summed E-state index contributed by atoms with van der Waals surface area (Å²) in [7, 11) is -4.16. The van der Waals surface area contributed by atoms with Gasteiger partial charge < -0.3 is 10.1 Å². The Bertz CT molecular complexity index is 975. The summed E-state index contributed by atoms with van der Waals surface area (Å²) in [6.45, 7) is 1.15. The molecule has 0 saturated carbocycles. The number of sulfonamides is 1. The van der Waals surface area contributed by atoms with E-state index in [0.717, 1.165) is 19.1 Å². The van der Waals surface area contributed by atoms with Gasteiger partial charge in [0.1, 0.15) is 20.2 Å². The summed E-state index contributed by atoms with van der Waals surface area (Å²) in [5, 5.41) is 2.30. The van der Waals surface area contributed by atoms with E-state index in [4.69, 9.17) is 16.3 Å². The Morgan fingerprint density at radius 3 is 2.61 bits per heavy atom. The molecule has 15 heteroatoms. The van der Waals surface area contributed by atoms with Crippen molar-refractivity contribution >= 4 is 33.6 Å². The lowest BCUT2D eigenvalue weighted by atomic mass is 10.2. The fourth-order valence-electron chi connectivity index (χ4n) is 2.65. The number of benzene rings is 1. The van der Waals surface area contributed by atoms with Gasteiger partial charge in [-0.25, -0.2) is 22.3 Å². The minimum absolute atomic E-state index is 0.251. The van der Waals surface area contributed by atoms with Crippen LogP contribution in [0.5, 0.6) is 5.75 Å². The van der Waals surface area contributed by atoms with Gasteiger partial charge in [-0.15, -0.1) is 4.59 Å². The number of hydrogen-bond donors (Lipinski definition) is 3. The van der Waals surface area contributed by atoms with Gasteiger partial charge in [-0.1, -0.05) is 11.6 Å². The Morgan fingerprint density at radius 1 is 1.39 bits per heavy atom. The van der Waals surface area contributed by atoms with Gasteiger partial charge in [0, 0.05) is 13.0 Å². The number of rotatable bonds is 7. The van der Waals surface area contributed by atoms with Crippen molar-refractivity contribution in [1.29, 1.82) is 0 Å². The average molecular weight is 492 g/mol. The van der Waals surface area contributed by atoms with Crippen LogP contribution in [0.2, 0.25) is 5.02 Å². The van der Waals surface area contributed by atoms with Gasteiger partial charge in [-0.05, 0) is 19.1 Å². The number of carbonyl (C=O) groups is 2. The van der Waals surface area contributed by atoms with Crippen LogP contribution in [0.1, 0.15) is 23.7 Å². The zero-order chi connectivity index (χ0) is 23.6. The molecule has 1 aliphatic rings. The average Bonchev–Trinajstić information content (AvgIpc) is 2.62. The van der Waals surface area contributed by atoms with Gasteiger partial charge in [0.2, 0.25) is 0 Å². The summed E-state index contributed by atoms with van der Waals surface area (Å²) in [5.41, 5.74) is -3.30. The Labute approximate surface area is 180 Å². The Kier molecular flexibility index (Phi) is 7.40. The highest BCUT2D eigenvalue weighted by Gasteiger charge is 2.46. The van der Waals surface area contributed by atoms with Crippen LogP contribution in [-0.4, -0.2) is 63.2 Å². The van der Waals surface area contributed by atoms with Crippen LogP contribution < -0.4 is 20.2 Å². The fourth-order valence-corrected chi connectivity index (χ4v) is 3.62. The molecule has 1 aliphatic heterocycles. The topological polar surface area (TPSA) is 114 Å². The first-order valence-corrected chi connectivity index (χ1v) is 10.7. The van der Waals surface area contributed by atoms with Crippen LogP contribution in [0.25, 0.3) is 0 Å². The number of nitrogens with zero attached hydrogens (tertiary/aromatic N) is 1. The van der Waals surface area contributed by atoms with Gasteiger partial charge >= 0.3 is 21.6 Å². The molecule has 0 radical (unpaired) electrons. The van der Waals surface area contributed by atoms with Crippen LogP contribution in [0.3, 0.4) is 0 Å². The maximum Gasteiger partial charge on any atom is 0.511 e. The van der Waals surface area contributed by atoms with Crippen LogP contribution in [0.4, 0.5) is 22.4 Å². The van der Waals surface area contributed by atoms with Crippen molar-refractivity contribution in [2.75, 3.05) is 26.7 Å². The first-order valence-electron chi connectivity index (χ1n) is 8.83. The molecule has 174 valence electrons. The van der Waals surface area contributed by atoms with E-state index in [0.29, 0.717) is 19.5 Å². The Balaban J connectivity index is 2.14. The van der Waals surface area contributed by atoms with E-state index in [9.17, 15) is 35.6 Å². The second kappa shape index (κ2) is 9.14. The molecule has 1 aromatic rings. The van der Waals surface area contributed by atoms with Gasteiger partial charge in [0.25, 0.3) is 5.91 Å². The zero-order valence-electron chi connectivity index (χ0n) is 16.3. The van der Waals surface area contributed by atoms with Crippen molar-refractivity contribution in [3.8, 4) is 5.75 Å². The second-order valence-electron chi connectivity index (χ2n) is 6.98. The molecule has 1 saturated heterocycles. The van der Waals surface area contributed by atoms with Crippen LogP contribution >= 0.6 is 11.6 Å². The first-order chi connectivity index (χ1) is 14.2. The number of halogens is 5. The van der Waals surface area contributed by atoms with Gasteiger partial charge in [-0.3, -0.25) is 4.79 Å². The van der Waals surface area contributed by atoms with Crippen molar-refractivity contribution in [3.63, 3.8) is 0 Å². The second-order valence-corrected chi connectivity index (χ2v) is 9.10. The molecule has 3 N–H and O–H groups in total. The lowest BCUT2D eigenvalue weighted by molar-refractivity contribution is -0.869. The van der Waals surface area contributed by atoms with Gasteiger partial charge in [-0.2, -0.15) is 18.6 Å². The molecule has 9 nitrogen and oxygen atoms in total. The lowest BCUT2D eigenvalue weighted by Gasteiger charge is -2.33. The third-order valence-corrected chi connectivity index (χ3v) is 5.91. The third-order valence-electron chi connectivity index (χ3n) is 4.27. The number of nitrogens with one attached hydrogen (secondary N) is 3. The predicted molar refractivity (Wildman–Crippen MR) is 101 cm³/mol. The largest absolute Gasteiger partial charge is 0.511 e. The maximum absolute atomic E-state index is 14.1. The fraction of sp³-hybridized carbons (Fsp3) is 0.500. The molecular weight excluding hydrogens is 472 g/mol. The van der Waals surface area contributed by atoms with Crippen molar-refractivity contribution in [1.82, 2.24) is 15.5 Å². The van der Waals surface area contributed by atoms with Gasteiger partial charge in [0.05, 0.1) is 16.6 Å². The number of alkyl halides is 3. The van der Waals surface area contributed by atoms with Crippen molar-refractivity contribution in [2.24, 2.45) is 0 Å². The molecule has 1 heterocycles. The molecular formula is C16H20ClF4N4O5S+. The van der Waals surface area contributed by atoms with Crippen LogP contribution in [0, 0.1) is 5.82 Å². The molecule has 31 heavy (non-hydrogen) atoms. The zero-order valence-corrected chi connectivity index (χ0v) is 17.9. The van der Waals surface area contributed by atoms with E-state index < -0.39 is 56.3 Å². The smallest absolute Gasteiger partial charge is 0.489 e. The minimum atomic E-state index is -5.62. The van der Waals surface area contributed by atoms with E-state index in [1.165, 1.54) is 11.8 Å². The number of ether oxygens (including phenoxy) is 1. The number of hydrogen-bond acceptors (Lipinski definition) is 5. The SMILES string of the molecule is C[C@@H](COc1cc(C(=O)N[N+]2(C)CCCNC2=O)c(Cl)cc1F)NS(=O)(=O)C(F)(F)F. The van der Waals surface area contributed by atoms with Crippen LogP contribution in [0.15, 0.2) is 12.1 Å². The molecule has 1 fully saturated rings. The van der Waals surface area contributed by atoms with E-state index >= 15 is 0 Å². The summed E-state index contributed by atoms with van der Waals surface area (Å²) in [6, 6.07) is -0.168. The van der Waals surface area contributed by atoms with E-state index in [1.54, 1.807) is 0 Å². The summed E-state index contributed by atoms with van der Waals surface area (Å²) in [6.07, 6.45) is 0.597. The summed E-state index contributed by atoms with van der Waals surface area (Å²) < 4.78 is 79.5. The number of urea groups is 1. The maximum atomic E-state index is 14.1. The highest BCUT2D eigenvalue weighted by molar-refractivity contribution is 7.90. The predicted octanol–water partition coefficient (Wildman–Crippen LogP) is 1.89. The van der Waals surface area contributed by atoms with Crippen molar-refractivity contribution < 1.29 is 44.9 Å². The van der Waals surface area contributed by atoms with Crippen LogP contribution in [-0.2, 0) is 10.0 Å². The monoisotopic (exact) mass is 491 g/mol. The lowest BCUT2D eigenvalue weighted by Crippen LogP contribution is -2.67. The number of amides is 3. The number of carbonyl (C=O) groups excluding carboxylic acids is 2. The normalized spacial score (nSPS) is 20.7. The number of quaternary nitrogens is 1. The Morgan fingerprint density at radius 2 is 2.03 bits per heavy atom. The summed E-state index contributed by atoms with van der Waals surface area (Å²) in [5.74, 6) is -2.39. The van der Waals surface area contributed by atoms with E-state index in [-0.39, 0.29) is 10.6 Å². The molecule has 0 aromatic heterocycles. The third kappa shape index (κ3) is 5.96. The minimum Gasteiger partial charge on any atom is -0.489 e. The summed E-state index contributed by atoms with van der Waals surface area (Å²) in [4.78, 5) is 24.6. The molecule has 1 unspecified atom stereocenters. The Hall–Kier alpha value is -2.16. The van der Waals surface area contributed by atoms with Crippen molar-refractivity contribution in [3.05, 3.63) is 28.5 Å². The summed E-state index contributed by atoms with van der Waals surface area (Å²) >= 11 is 5.92. The highest BCUT2D eigenvalue weighted by atomic mass is 35.5. The molecule has 2 rings (SSSR count).